The van der Waals surface area contributed by atoms with Gasteiger partial charge >= 0.3 is 11.9 Å². The van der Waals surface area contributed by atoms with E-state index in [4.69, 9.17) is 10.2 Å². The monoisotopic (exact) mass is 188 g/mol. The standard InChI is InChI=1S/C9H16O4/c1-9(2,5-3-7(10)11)6-4-8(12)13/h3-6H2,1-2H3,(H,10,11)(H,12,13). The third kappa shape index (κ3) is 7.31. The second kappa shape index (κ2) is 4.84. The van der Waals surface area contributed by atoms with Gasteiger partial charge in [-0.05, 0) is 18.3 Å². The van der Waals surface area contributed by atoms with Gasteiger partial charge in [0.2, 0.25) is 0 Å². The second-order valence-corrected chi connectivity index (χ2v) is 3.95. The van der Waals surface area contributed by atoms with E-state index < -0.39 is 11.9 Å². The molecule has 0 saturated heterocycles. The molecule has 76 valence electrons. The van der Waals surface area contributed by atoms with Crippen molar-refractivity contribution in [2.45, 2.75) is 39.5 Å². The van der Waals surface area contributed by atoms with Gasteiger partial charge in [-0.25, -0.2) is 0 Å². The highest BCUT2D eigenvalue weighted by Gasteiger charge is 2.19. The maximum Gasteiger partial charge on any atom is 0.303 e. The van der Waals surface area contributed by atoms with Crippen molar-refractivity contribution in [2.75, 3.05) is 0 Å². The van der Waals surface area contributed by atoms with Crippen LogP contribution in [0.5, 0.6) is 0 Å². The van der Waals surface area contributed by atoms with Crippen LogP contribution >= 0.6 is 0 Å². The molecule has 0 aliphatic carbocycles. The molecule has 0 spiro atoms. The van der Waals surface area contributed by atoms with E-state index in [1.54, 1.807) is 0 Å². The summed E-state index contributed by atoms with van der Waals surface area (Å²) >= 11 is 0. The van der Waals surface area contributed by atoms with E-state index in [-0.39, 0.29) is 18.3 Å². The summed E-state index contributed by atoms with van der Waals surface area (Å²) in [6.07, 6.45) is 1.25. The van der Waals surface area contributed by atoms with Gasteiger partial charge in [0.1, 0.15) is 0 Å². The molecule has 0 aromatic heterocycles. The Balaban J connectivity index is 3.79. The Hall–Kier alpha value is -1.06. The van der Waals surface area contributed by atoms with Gasteiger partial charge in [0.05, 0.1) is 0 Å². The average molecular weight is 188 g/mol. The van der Waals surface area contributed by atoms with Crippen molar-refractivity contribution < 1.29 is 19.8 Å². The van der Waals surface area contributed by atoms with E-state index in [1.807, 2.05) is 13.8 Å². The molecule has 2 N–H and O–H groups in total. The molecule has 0 saturated carbocycles. The molecule has 0 aliphatic heterocycles. The molecule has 0 rings (SSSR count). The minimum Gasteiger partial charge on any atom is -0.481 e. The fourth-order valence-electron chi connectivity index (χ4n) is 1.02. The molecule has 0 amide bonds. The minimum atomic E-state index is -0.830. The third-order valence-electron chi connectivity index (χ3n) is 2.03. The Morgan fingerprint density at radius 3 is 1.54 bits per heavy atom. The first-order valence-corrected chi connectivity index (χ1v) is 4.27. The highest BCUT2D eigenvalue weighted by Crippen LogP contribution is 2.27. The van der Waals surface area contributed by atoms with Gasteiger partial charge in [0, 0.05) is 12.8 Å². The average Bonchev–Trinajstić information content (AvgIpc) is 1.98. The summed E-state index contributed by atoms with van der Waals surface area (Å²) in [5, 5.41) is 16.9. The van der Waals surface area contributed by atoms with Crippen LogP contribution in [0.3, 0.4) is 0 Å². The molecule has 13 heavy (non-hydrogen) atoms. The van der Waals surface area contributed by atoms with Crippen molar-refractivity contribution in [3.63, 3.8) is 0 Å². The van der Waals surface area contributed by atoms with Gasteiger partial charge in [-0.15, -0.1) is 0 Å². The fraction of sp³-hybridized carbons (Fsp3) is 0.778. The zero-order chi connectivity index (χ0) is 10.5. The zero-order valence-electron chi connectivity index (χ0n) is 8.04. The number of hydrogen-bond donors (Lipinski definition) is 2. The molecular weight excluding hydrogens is 172 g/mol. The summed E-state index contributed by atoms with van der Waals surface area (Å²) < 4.78 is 0. The van der Waals surface area contributed by atoms with Crippen molar-refractivity contribution in [1.82, 2.24) is 0 Å². The molecule has 0 aromatic rings. The molecule has 4 heteroatoms. The number of carboxylic acids is 2. The Kier molecular flexibility index (Phi) is 4.45. The first-order valence-electron chi connectivity index (χ1n) is 4.27. The van der Waals surface area contributed by atoms with Gasteiger partial charge in [-0.1, -0.05) is 13.8 Å². The van der Waals surface area contributed by atoms with E-state index in [0.29, 0.717) is 12.8 Å². The quantitative estimate of drug-likeness (QED) is 0.665. The van der Waals surface area contributed by atoms with Gasteiger partial charge in [-0.3, -0.25) is 9.59 Å². The Morgan fingerprint density at radius 2 is 1.31 bits per heavy atom. The Morgan fingerprint density at radius 1 is 1.00 bits per heavy atom. The van der Waals surface area contributed by atoms with Crippen LogP contribution in [0.15, 0.2) is 0 Å². The highest BCUT2D eigenvalue weighted by molar-refractivity contribution is 5.67. The van der Waals surface area contributed by atoms with E-state index >= 15 is 0 Å². The van der Waals surface area contributed by atoms with Gasteiger partial charge in [0.25, 0.3) is 0 Å². The number of aliphatic carboxylic acids is 2. The van der Waals surface area contributed by atoms with Gasteiger partial charge in [0.15, 0.2) is 0 Å². The maximum absolute atomic E-state index is 10.3. The first-order chi connectivity index (χ1) is 5.83. The molecule has 0 heterocycles. The number of carbonyl (C=O) groups is 2. The summed E-state index contributed by atoms with van der Waals surface area (Å²) in [7, 11) is 0. The lowest BCUT2D eigenvalue weighted by Gasteiger charge is -2.22. The van der Waals surface area contributed by atoms with E-state index in [2.05, 4.69) is 0 Å². The SMILES string of the molecule is CC(C)(CCC(=O)O)CCC(=O)O. The van der Waals surface area contributed by atoms with Crippen LogP contribution in [0.4, 0.5) is 0 Å². The van der Waals surface area contributed by atoms with Crippen LogP contribution in [-0.4, -0.2) is 22.2 Å². The van der Waals surface area contributed by atoms with Crippen molar-refractivity contribution in [2.24, 2.45) is 5.41 Å². The molecular formula is C9H16O4. The van der Waals surface area contributed by atoms with Crippen LogP contribution in [0, 0.1) is 5.41 Å². The van der Waals surface area contributed by atoms with Crippen LogP contribution in [-0.2, 0) is 9.59 Å². The number of rotatable bonds is 6. The van der Waals surface area contributed by atoms with E-state index in [9.17, 15) is 9.59 Å². The maximum atomic E-state index is 10.3. The molecule has 0 aliphatic rings. The highest BCUT2D eigenvalue weighted by atomic mass is 16.4. The van der Waals surface area contributed by atoms with Crippen molar-refractivity contribution in [3.05, 3.63) is 0 Å². The van der Waals surface area contributed by atoms with Crippen molar-refractivity contribution in [3.8, 4) is 0 Å². The lowest BCUT2D eigenvalue weighted by atomic mass is 9.83. The largest absolute Gasteiger partial charge is 0.481 e. The third-order valence-corrected chi connectivity index (χ3v) is 2.03. The van der Waals surface area contributed by atoms with Crippen molar-refractivity contribution >= 4 is 11.9 Å². The Labute approximate surface area is 77.6 Å². The summed E-state index contributed by atoms with van der Waals surface area (Å²) in [5.74, 6) is -1.66. The van der Waals surface area contributed by atoms with Crippen LogP contribution < -0.4 is 0 Å². The van der Waals surface area contributed by atoms with E-state index in [1.165, 1.54) is 0 Å². The lowest BCUT2D eigenvalue weighted by Crippen LogP contribution is -2.15. The lowest BCUT2D eigenvalue weighted by molar-refractivity contribution is -0.137. The van der Waals surface area contributed by atoms with E-state index in [0.717, 1.165) is 0 Å². The van der Waals surface area contributed by atoms with Crippen LogP contribution in [0.1, 0.15) is 39.5 Å². The molecule has 0 fully saturated rings. The molecule has 0 unspecified atom stereocenters. The van der Waals surface area contributed by atoms with Gasteiger partial charge in [-0.2, -0.15) is 0 Å². The summed E-state index contributed by atoms with van der Waals surface area (Å²) in [4.78, 5) is 20.5. The van der Waals surface area contributed by atoms with Gasteiger partial charge < -0.3 is 10.2 Å². The van der Waals surface area contributed by atoms with Crippen LogP contribution in [0.2, 0.25) is 0 Å². The van der Waals surface area contributed by atoms with Crippen LogP contribution in [0.25, 0.3) is 0 Å². The zero-order valence-corrected chi connectivity index (χ0v) is 8.04. The van der Waals surface area contributed by atoms with Crippen molar-refractivity contribution in [1.29, 1.82) is 0 Å². The summed E-state index contributed by atoms with van der Waals surface area (Å²) in [6.45, 7) is 3.78. The molecule has 0 radical (unpaired) electrons. The second-order valence-electron chi connectivity index (χ2n) is 3.95. The topological polar surface area (TPSA) is 74.6 Å². The fourth-order valence-corrected chi connectivity index (χ4v) is 1.02. The predicted octanol–water partition coefficient (Wildman–Crippen LogP) is 1.74. The molecule has 0 aromatic carbocycles. The smallest absolute Gasteiger partial charge is 0.303 e. The molecule has 0 bridgehead atoms. The predicted molar refractivity (Wildman–Crippen MR) is 47.5 cm³/mol. The minimum absolute atomic E-state index is 0.104. The number of hydrogen-bond acceptors (Lipinski definition) is 2. The number of carboxylic acid groups (broad SMARTS) is 2. The summed E-state index contributed by atoms with van der Waals surface area (Å²) in [5.41, 5.74) is -0.198. The summed E-state index contributed by atoms with van der Waals surface area (Å²) in [6, 6.07) is 0. The first kappa shape index (κ1) is 11.9. The molecule has 0 atom stereocenters. The molecule has 4 nitrogen and oxygen atoms in total. The normalized spacial score (nSPS) is 11.2. The Bertz CT molecular complexity index is 176.